The van der Waals surface area contributed by atoms with Gasteiger partial charge in [-0.1, -0.05) is 30.7 Å². The van der Waals surface area contributed by atoms with Crippen molar-refractivity contribution in [3.8, 4) is 11.1 Å². The van der Waals surface area contributed by atoms with Crippen LogP contribution in [-0.4, -0.2) is 84.8 Å². The third-order valence-corrected chi connectivity index (χ3v) is 9.63. The second-order valence-electron chi connectivity index (χ2n) is 12.0. The Kier molecular flexibility index (Phi) is 9.30. The van der Waals surface area contributed by atoms with Gasteiger partial charge in [-0.3, -0.25) is 9.52 Å². The normalized spacial score (nSPS) is 14.2. The number of pyridine rings is 1. The van der Waals surface area contributed by atoms with E-state index >= 15 is 4.39 Å². The lowest BCUT2D eigenvalue weighted by atomic mass is 10.00. The number of aromatic nitrogens is 2. The molecular formula is C32H36ClFN6O5S. The molecule has 11 nitrogen and oxygen atoms in total. The molecule has 46 heavy (non-hydrogen) atoms. The molecule has 5 rings (SSSR count). The number of nitrogens with one attached hydrogen (secondary N) is 2. The molecule has 2 aromatic carbocycles. The van der Waals surface area contributed by atoms with Gasteiger partial charge in [0.1, 0.15) is 17.1 Å². The molecule has 1 amide bonds. The zero-order chi connectivity index (χ0) is 33.4. The Morgan fingerprint density at radius 3 is 2.39 bits per heavy atom. The molecule has 0 bridgehead atoms. The third-order valence-electron chi connectivity index (χ3n) is 7.69. The van der Waals surface area contributed by atoms with Gasteiger partial charge in [0.15, 0.2) is 5.78 Å². The van der Waals surface area contributed by atoms with Gasteiger partial charge in [0, 0.05) is 74.4 Å². The van der Waals surface area contributed by atoms with Crippen LogP contribution in [0.4, 0.5) is 20.6 Å². The molecule has 14 heteroatoms. The summed E-state index contributed by atoms with van der Waals surface area (Å²) in [7, 11) is -2.58. The maximum atomic E-state index is 15.0. The molecule has 0 radical (unpaired) electrons. The standard InChI is InChI=1S/C32H36ClFN6O5S/c1-6-38(5)46(43,44)37-26-12-11-25(34)27(28(26)33)29(41)24-19-36-30-23(24)17-21(18-35-30)20-7-9-22(10-8-20)39-13-15-40(16-14-39)31(42)45-32(2,3)4/h7-12,17-19,37H,6,13-16H2,1-5H3,(H,35,36). The quantitative estimate of drug-likeness (QED) is 0.223. The van der Waals surface area contributed by atoms with Crippen LogP contribution in [-0.2, 0) is 14.9 Å². The van der Waals surface area contributed by atoms with Gasteiger partial charge >= 0.3 is 16.3 Å². The number of hydrogen-bond donors (Lipinski definition) is 2. The largest absolute Gasteiger partial charge is 0.444 e. The number of ketones is 1. The minimum absolute atomic E-state index is 0.114. The SMILES string of the molecule is CCN(C)S(=O)(=O)Nc1ccc(F)c(C(=O)c2c[nH]c3ncc(-c4ccc(N5CCN(C(=O)OC(C)(C)C)CC5)cc4)cc23)c1Cl. The number of benzene rings is 2. The first kappa shape index (κ1) is 33.2. The van der Waals surface area contributed by atoms with Crippen LogP contribution in [0, 0.1) is 5.82 Å². The molecule has 1 aliphatic rings. The maximum absolute atomic E-state index is 15.0. The molecule has 2 aromatic heterocycles. The Morgan fingerprint density at radius 1 is 1.09 bits per heavy atom. The summed E-state index contributed by atoms with van der Waals surface area (Å²) in [4.78, 5) is 37.4. The molecule has 0 saturated carbocycles. The third kappa shape index (κ3) is 6.96. The summed E-state index contributed by atoms with van der Waals surface area (Å²) < 4.78 is 49.0. The van der Waals surface area contributed by atoms with Gasteiger partial charge in [0.05, 0.1) is 16.3 Å². The van der Waals surface area contributed by atoms with E-state index in [0.29, 0.717) is 37.2 Å². The van der Waals surface area contributed by atoms with Crippen LogP contribution in [0.3, 0.4) is 0 Å². The van der Waals surface area contributed by atoms with Crippen LogP contribution < -0.4 is 9.62 Å². The van der Waals surface area contributed by atoms with Crippen LogP contribution >= 0.6 is 11.6 Å². The Morgan fingerprint density at radius 2 is 1.76 bits per heavy atom. The number of anilines is 2. The van der Waals surface area contributed by atoms with Crippen LogP contribution in [0.25, 0.3) is 22.2 Å². The number of H-pyrrole nitrogens is 1. The predicted molar refractivity (Wildman–Crippen MR) is 177 cm³/mol. The summed E-state index contributed by atoms with van der Waals surface area (Å²) >= 11 is 6.42. The van der Waals surface area contributed by atoms with E-state index in [2.05, 4.69) is 19.6 Å². The lowest BCUT2D eigenvalue weighted by Crippen LogP contribution is -2.50. The fraction of sp³-hybridized carbons (Fsp3) is 0.344. The molecule has 4 aromatic rings. The van der Waals surface area contributed by atoms with E-state index in [0.717, 1.165) is 27.2 Å². The molecule has 0 aliphatic carbocycles. The van der Waals surface area contributed by atoms with Crippen LogP contribution in [0.2, 0.25) is 5.02 Å². The van der Waals surface area contributed by atoms with Crippen molar-refractivity contribution in [2.45, 2.75) is 33.3 Å². The Bertz CT molecular complexity index is 1880. The lowest BCUT2D eigenvalue weighted by Gasteiger charge is -2.36. The number of rotatable bonds is 8. The maximum Gasteiger partial charge on any atom is 0.410 e. The molecule has 0 unspecified atom stereocenters. The average molecular weight is 671 g/mol. The molecule has 244 valence electrons. The highest BCUT2D eigenvalue weighted by molar-refractivity contribution is 7.90. The van der Waals surface area contributed by atoms with Crippen LogP contribution in [0.15, 0.2) is 54.9 Å². The van der Waals surface area contributed by atoms with Crippen molar-refractivity contribution in [2.24, 2.45) is 0 Å². The fourth-order valence-electron chi connectivity index (χ4n) is 5.05. The molecule has 0 atom stereocenters. The number of halogens is 2. The number of amides is 1. The highest BCUT2D eigenvalue weighted by atomic mass is 35.5. The van der Waals surface area contributed by atoms with E-state index in [4.69, 9.17) is 16.3 Å². The topological polar surface area (TPSA) is 128 Å². The number of piperazine rings is 1. The monoisotopic (exact) mass is 670 g/mol. The number of fused-ring (bicyclic) bond motifs is 1. The number of aromatic amines is 1. The number of nitrogens with zero attached hydrogens (tertiary/aromatic N) is 4. The number of carbonyl (C=O) groups is 2. The molecule has 0 spiro atoms. The van der Waals surface area contributed by atoms with Crippen LogP contribution in [0.5, 0.6) is 0 Å². The molecule has 1 fully saturated rings. The van der Waals surface area contributed by atoms with Gasteiger partial charge in [0.25, 0.3) is 0 Å². The number of hydrogen-bond acceptors (Lipinski definition) is 7. The molecule has 2 N–H and O–H groups in total. The molecule has 1 saturated heterocycles. The lowest BCUT2D eigenvalue weighted by molar-refractivity contribution is 0.0240. The van der Waals surface area contributed by atoms with E-state index in [1.807, 2.05) is 45.0 Å². The molecule has 1 aliphatic heterocycles. The zero-order valence-electron chi connectivity index (χ0n) is 26.2. The van der Waals surface area contributed by atoms with Crippen molar-refractivity contribution in [2.75, 3.05) is 49.4 Å². The van der Waals surface area contributed by atoms with E-state index in [1.54, 1.807) is 24.1 Å². The van der Waals surface area contributed by atoms with E-state index in [-0.39, 0.29) is 28.9 Å². The first-order valence-corrected chi connectivity index (χ1v) is 16.6. The summed E-state index contributed by atoms with van der Waals surface area (Å²) in [5.41, 5.74) is 2.03. The molecular weight excluding hydrogens is 635 g/mol. The summed E-state index contributed by atoms with van der Waals surface area (Å²) in [5, 5.41) is 0.107. The molecule has 3 heterocycles. The summed E-state index contributed by atoms with van der Waals surface area (Å²) in [6, 6.07) is 11.8. The van der Waals surface area contributed by atoms with Crippen LogP contribution in [0.1, 0.15) is 43.6 Å². The van der Waals surface area contributed by atoms with Crippen molar-refractivity contribution >= 4 is 56.1 Å². The number of ether oxygens (including phenoxy) is 1. The zero-order valence-corrected chi connectivity index (χ0v) is 27.8. The number of carbonyl (C=O) groups excluding carboxylic acids is 2. The van der Waals surface area contributed by atoms with E-state index in [1.165, 1.54) is 19.3 Å². The van der Waals surface area contributed by atoms with E-state index < -0.39 is 33.0 Å². The van der Waals surface area contributed by atoms with Crippen molar-refractivity contribution in [1.29, 1.82) is 0 Å². The van der Waals surface area contributed by atoms with Gasteiger partial charge in [-0.2, -0.15) is 12.7 Å². The highest BCUT2D eigenvalue weighted by Gasteiger charge is 2.27. The average Bonchev–Trinajstić information content (AvgIpc) is 3.45. The van der Waals surface area contributed by atoms with E-state index in [9.17, 15) is 18.0 Å². The smallest absolute Gasteiger partial charge is 0.410 e. The van der Waals surface area contributed by atoms with Gasteiger partial charge < -0.3 is 19.5 Å². The summed E-state index contributed by atoms with van der Waals surface area (Å²) in [6.07, 6.45) is 2.80. The van der Waals surface area contributed by atoms with Crippen molar-refractivity contribution in [3.63, 3.8) is 0 Å². The second-order valence-corrected chi connectivity index (χ2v) is 14.1. The van der Waals surface area contributed by atoms with Crippen molar-refractivity contribution < 1.29 is 27.1 Å². The second kappa shape index (κ2) is 12.9. The summed E-state index contributed by atoms with van der Waals surface area (Å²) in [6.45, 7) is 9.83. The minimum Gasteiger partial charge on any atom is -0.444 e. The van der Waals surface area contributed by atoms with Crippen molar-refractivity contribution in [3.05, 3.63) is 76.8 Å². The minimum atomic E-state index is -3.96. The summed E-state index contributed by atoms with van der Waals surface area (Å²) in [5.74, 6) is -1.61. The Balaban J connectivity index is 1.36. The Hall–Kier alpha value is -4.20. The highest BCUT2D eigenvalue weighted by Crippen LogP contribution is 2.34. The first-order chi connectivity index (χ1) is 21.7. The first-order valence-electron chi connectivity index (χ1n) is 14.8. The van der Waals surface area contributed by atoms with Gasteiger partial charge in [-0.15, -0.1) is 0 Å². The van der Waals surface area contributed by atoms with Gasteiger partial charge in [-0.25, -0.2) is 14.2 Å². The van der Waals surface area contributed by atoms with Gasteiger partial charge in [0.2, 0.25) is 0 Å². The Labute approximate surface area is 272 Å². The van der Waals surface area contributed by atoms with Gasteiger partial charge in [-0.05, 0) is 56.7 Å². The fourth-order valence-corrected chi connectivity index (χ4v) is 6.33. The van der Waals surface area contributed by atoms with Crippen molar-refractivity contribution in [1.82, 2.24) is 19.2 Å². The predicted octanol–water partition coefficient (Wildman–Crippen LogP) is 5.92.